The molecule has 1 aliphatic heterocycles. The van der Waals surface area contributed by atoms with Crippen molar-refractivity contribution in [2.75, 3.05) is 6.54 Å². The van der Waals surface area contributed by atoms with Gasteiger partial charge in [-0.2, -0.15) is 0 Å². The average molecular weight is 251 g/mol. The summed E-state index contributed by atoms with van der Waals surface area (Å²) in [6, 6.07) is 0.317. The largest absolute Gasteiger partial charge is 0.481 e. The lowest BCUT2D eigenvalue weighted by Crippen LogP contribution is -2.43. The zero-order valence-corrected chi connectivity index (χ0v) is 10.8. The van der Waals surface area contributed by atoms with E-state index in [1.807, 2.05) is 17.1 Å². The van der Waals surface area contributed by atoms with Crippen molar-refractivity contribution in [3.8, 4) is 0 Å². The maximum absolute atomic E-state index is 12.5. The zero-order valence-electron chi connectivity index (χ0n) is 10.8. The summed E-state index contributed by atoms with van der Waals surface area (Å²) >= 11 is 0. The molecule has 0 aromatic rings. The molecule has 2 aliphatic rings. The first kappa shape index (κ1) is 13.1. The molecule has 0 aromatic heterocycles. The lowest BCUT2D eigenvalue weighted by atomic mass is 9.82. The molecule has 1 unspecified atom stereocenters. The number of aliphatic carboxylic acids is 1. The number of nitrogens with zero attached hydrogens (tertiary/aromatic N) is 1. The Balaban J connectivity index is 2.11. The second-order valence-corrected chi connectivity index (χ2v) is 5.23. The number of allylic oxidation sites excluding steroid dienone is 2. The SMILES string of the molecule is CCC1CCCN1C(=O)[C@@H]1CC=CC[C@@H]1C(=O)O. The molecule has 1 saturated heterocycles. The highest BCUT2D eigenvalue weighted by atomic mass is 16.4. The summed E-state index contributed by atoms with van der Waals surface area (Å²) in [4.78, 5) is 25.7. The molecule has 0 spiro atoms. The van der Waals surface area contributed by atoms with Crippen LogP contribution in [0.1, 0.15) is 39.0 Å². The Hall–Kier alpha value is -1.32. The van der Waals surface area contributed by atoms with Crippen LogP contribution in [0, 0.1) is 11.8 Å². The number of carbonyl (C=O) groups excluding carboxylic acids is 1. The zero-order chi connectivity index (χ0) is 13.1. The number of carbonyl (C=O) groups is 2. The Morgan fingerprint density at radius 1 is 1.28 bits per heavy atom. The van der Waals surface area contributed by atoms with Gasteiger partial charge in [0.05, 0.1) is 11.8 Å². The van der Waals surface area contributed by atoms with Crippen LogP contribution in [0.15, 0.2) is 12.2 Å². The van der Waals surface area contributed by atoms with Gasteiger partial charge in [0.25, 0.3) is 0 Å². The Morgan fingerprint density at radius 2 is 1.94 bits per heavy atom. The third-order valence-corrected chi connectivity index (χ3v) is 4.20. The minimum Gasteiger partial charge on any atom is -0.481 e. The van der Waals surface area contributed by atoms with E-state index in [2.05, 4.69) is 6.92 Å². The molecular weight excluding hydrogens is 230 g/mol. The van der Waals surface area contributed by atoms with Crippen LogP contribution in [0.5, 0.6) is 0 Å². The van der Waals surface area contributed by atoms with E-state index in [9.17, 15) is 14.7 Å². The molecule has 1 heterocycles. The van der Waals surface area contributed by atoms with Gasteiger partial charge in [0.1, 0.15) is 0 Å². The maximum Gasteiger partial charge on any atom is 0.307 e. The van der Waals surface area contributed by atoms with Crippen molar-refractivity contribution < 1.29 is 14.7 Å². The third-order valence-electron chi connectivity index (χ3n) is 4.20. The average Bonchev–Trinajstić information content (AvgIpc) is 2.86. The van der Waals surface area contributed by atoms with Crippen LogP contribution in [0.25, 0.3) is 0 Å². The van der Waals surface area contributed by atoms with Crippen molar-refractivity contribution in [2.45, 2.75) is 45.1 Å². The molecule has 2 rings (SSSR count). The summed E-state index contributed by atoms with van der Waals surface area (Å²) in [5.41, 5.74) is 0. The van der Waals surface area contributed by atoms with Gasteiger partial charge >= 0.3 is 5.97 Å². The molecule has 4 nitrogen and oxygen atoms in total. The van der Waals surface area contributed by atoms with Gasteiger partial charge in [0, 0.05) is 12.6 Å². The topological polar surface area (TPSA) is 57.6 Å². The minimum absolute atomic E-state index is 0.0519. The van der Waals surface area contributed by atoms with Crippen molar-refractivity contribution in [3.63, 3.8) is 0 Å². The van der Waals surface area contributed by atoms with Gasteiger partial charge in [-0.05, 0) is 32.1 Å². The summed E-state index contributed by atoms with van der Waals surface area (Å²) in [5, 5.41) is 9.22. The molecule has 1 N–H and O–H groups in total. The molecule has 0 bridgehead atoms. The first-order valence-corrected chi connectivity index (χ1v) is 6.83. The molecule has 0 aromatic carbocycles. The molecule has 1 fully saturated rings. The van der Waals surface area contributed by atoms with Crippen molar-refractivity contribution >= 4 is 11.9 Å². The van der Waals surface area contributed by atoms with Crippen molar-refractivity contribution in [1.29, 1.82) is 0 Å². The lowest BCUT2D eigenvalue weighted by Gasteiger charge is -2.31. The fraction of sp³-hybridized carbons (Fsp3) is 0.714. The van der Waals surface area contributed by atoms with Crippen LogP contribution < -0.4 is 0 Å². The van der Waals surface area contributed by atoms with E-state index in [1.54, 1.807) is 0 Å². The van der Waals surface area contributed by atoms with E-state index in [4.69, 9.17) is 0 Å². The predicted molar refractivity (Wildman–Crippen MR) is 68.0 cm³/mol. The van der Waals surface area contributed by atoms with E-state index < -0.39 is 11.9 Å². The van der Waals surface area contributed by atoms with E-state index in [0.717, 1.165) is 25.8 Å². The summed E-state index contributed by atoms with van der Waals surface area (Å²) in [5.74, 6) is -1.69. The number of carboxylic acids is 1. The van der Waals surface area contributed by atoms with Crippen molar-refractivity contribution in [1.82, 2.24) is 4.90 Å². The smallest absolute Gasteiger partial charge is 0.307 e. The second-order valence-electron chi connectivity index (χ2n) is 5.23. The first-order valence-electron chi connectivity index (χ1n) is 6.83. The number of hydrogen-bond donors (Lipinski definition) is 1. The summed E-state index contributed by atoms with van der Waals surface area (Å²) in [6.45, 7) is 2.88. The normalized spacial score (nSPS) is 31.6. The third kappa shape index (κ3) is 2.42. The molecule has 3 atom stereocenters. The van der Waals surface area contributed by atoms with Gasteiger partial charge in [-0.1, -0.05) is 19.1 Å². The second kappa shape index (κ2) is 5.55. The number of carboxylic acid groups (broad SMARTS) is 1. The maximum atomic E-state index is 12.5. The van der Waals surface area contributed by atoms with Crippen molar-refractivity contribution in [2.24, 2.45) is 11.8 Å². The van der Waals surface area contributed by atoms with Gasteiger partial charge in [-0.25, -0.2) is 0 Å². The summed E-state index contributed by atoms with van der Waals surface area (Å²) < 4.78 is 0. The number of amides is 1. The van der Waals surface area contributed by atoms with Crippen LogP contribution in [-0.2, 0) is 9.59 Å². The molecule has 0 saturated carbocycles. The standard InChI is InChI=1S/C14H21NO3/c1-2-10-6-5-9-15(10)13(16)11-7-3-4-8-12(11)14(17)18/h3-4,10-12H,2,5-9H2,1H3,(H,17,18)/t10?,11-,12+/m1/s1. The molecule has 1 amide bonds. The van der Waals surface area contributed by atoms with Crippen LogP contribution in [0.4, 0.5) is 0 Å². The molecule has 1 aliphatic carbocycles. The van der Waals surface area contributed by atoms with Crippen LogP contribution in [0.3, 0.4) is 0 Å². The Kier molecular flexibility index (Phi) is 4.04. The molecule has 4 heteroatoms. The quantitative estimate of drug-likeness (QED) is 0.781. The van der Waals surface area contributed by atoms with Crippen LogP contribution >= 0.6 is 0 Å². The van der Waals surface area contributed by atoms with Crippen molar-refractivity contribution in [3.05, 3.63) is 12.2 Å². The number of likely N-dealkylation sites (tertiary alicyclic amines) is 1. The highest BCUT2D eigenvalue weighted by Gasteiger charge is 2.39. The summed E-state index contributed by atoms with van der Waals surface area (Å²) in [7, 11) is 0. The van der Waals surface area contributed by atoms with Gasteiger partial charge in [0.2, 0.25) is 5.91 Å². The molecule has 18 heavy (non-hydrogen) atoms. The Bertz CT molecular complexity index is 364. The Labute approximate surface area is 108 Å². The number of hydrogen-bond acceptors (Lipinski definition) is 2. The molecule has 0 radical (unpaired) electrons. The van der Waals surface area contributed by atoms with E-state index >= 15 is 0 Å². The van der Waals surface area contributed by atoms with Gasteiger partial charge in [-0.15, -0.1) is 0 Å². The van der Waals surface area contributed by atoms with E-state index in [0.29, 0.717) is 18.9 Å². The monoisotopic (exact) mass is 251 g/mol. The number of rotatable bonds is 3. The molecule has 100 valence electrons. The lowest BCUT2D eigenvalue weighted by molar-refractivity contribution is -0.151. The highest BCUT2D eigenvalue weighted by molar-refractivity contribution is 5.85. The predicted octanol–water partition coefficient (Wildman–Crippen LogP) is 2.05. The van der Waals surface area contributed by atoms with Gasteiger partial charge in [0.15, 0.2) is 0 Å². The Morgan fingerprint density at radius 3 is 2.56 bits per heavy atom. The van der Waals surface area contributed by atoms with Crippen LogP contribution in [-0.4, -0.2) is 34.5 Å². The van der Waals surface area contributed by atoms with Crippen LogP contribution in [0.2, 0.25) is 0 Å². The van der Waals surface area contributed by atoms with E-state index in [-0.39, 0.29) is 11.8 Å². The first-order chi connectivity index (χ1) is 8.65. The fourth-order valence-electron chi connectivity index (χ4n) is 3.12. The molecular formula is C14H21NO3. The van der Waals surface area contributed by atoms with Gasteiger partial charge < -0.3 is 10.0 Å². The highest BCUT2D eigenvalue weighted by Crippen LogP contribution is 2.31. The minimum atomic E-state index is -0.843. The summed E-state index contributed by atoms with van der Waals surface area (Å²) in [6.07, 6.45) is 7.95. The van der Waals surface area contributed by atoms with E-state index in [1.165, 1.54) is 0 Å². The fourth-order valence-corrected chi connectivity index (χ4v) is 3.12. The van der Waals surface area contributed by atoms with Gasteiger partial charge in [-0.3, -0.25) is 9.59 Å².